The molecule has 0 unspecified atom stereocenters. The van der Waals surface area contributed by atoms with Gasteiger partial charge in [0.2, 0.25) is 0 Å². The Bertz CT molecular complexity index is 2850. The van der Waals surface area contributed by atoms with Gasteiger partial charge in [0.05, 0.1) is 0 Å². The quantitative estimate of drug-likeness (QED) is 0.107. The fraction of sp³-hybridized carbons (Fsp3) is 0.0333. The maximum Gasteiger partial charge on any atom is 0.0462 e. The molecule has 298 valence electrons. The molecular weight excluding hydrogens is 749 g/mol. The van der Waals surface area contributed by atoms with Crippen LogP contribution in [0, 0.1) is 0 Å². The van der Waals surface area contributed by atoms with Gasteiger partial charge in [-0.25, -0.2) is 0 Å². The van der Waals surface area contributed by atoms with E-state index < -0.39 is 0 Å². The van der Waals surface area contributed by atoms with Crippen molar-refractivity contribution in [2.75, 3.05) is 16.3 Å². The molecule has 0 aromatic heterocycles. The Morgan fingerprint density at radius 2 is 0.613 bits per heavy atom. The topological polar surface area (TPSA) is 6.48 Å². The van der Waals surface area contributed by atoms with E-state index in [0.717, 1.165) is 35.0 Å². The Hall–Kier alpha value is -7.94. The van der Waals surface area contributed by atoms with Crippen LogP contribution >= 0.6 is 0 Å². The van der Waals surface area contributed by atoms with Gasteiger partial charge >= 0.3 is 0 Å². The van der Waals surface area contributed by atoms with Crippen LogP contribution < -0.4 is 9.80 Å². The molecule has 62 heavy (non-hydrogen) atoms. The molecule has 0 aliphatic carbocycles. The molecule has 9 aromatic carbocycles. The van der Waals surface area contributed by atoms with Crippen LogP contribution in [0.2, 0.25) is 0 Å². The first-order valence-corrected chi connectivity index (χ1v) is 21.3. The first-order valence-electron chi connectivity index (χ1n) is 21.3. The Morgan fingerprint density at radius 1 is 0.323 bits per heavy atom. The second-order valence-corrected chi connectivity index (χ2v) is 15.3. The molecule has 0 N–H and O–H groups in total. The van der Waals surface area contributed by atoms with Gasteiger partial charge in [-0.15, -0.1) is 0 Å². The standard InChI is InChI=1S/C60H48N2/c1-2-46(47-16-7-3-8-17-47)22-15-45-61(56-37-29-52(30-38-56)49-20-11-5-12-21-49)57-39-31-53(32-40-57)55-35-43-60(44-36-55)62(58-23-13-6-14-24-58)59-41-33-54(34-42-59)51-27-25-50(26-28-51)48-18-9-4-10-19-48/h2-44H,45H2,1H3/b22-15-,46-2+. The average Bonchev–Trinajstić information content (AvgIpc) is 3.36. The molecule has 2 nitrogen and oxygen atoms in total. The van der Waals surface area contributed by atoms with Gasteiger partial charge in [0, 0.05) is 35.0 Å². The second kappa shape index (κ2) is 19.0. The molecule has 0 aliphatic heterocycles. The van der Waals surface area contributed by atoms with Crippen LogP contribution in [0.4, 0.5) is 28.4 Å². The van der Waals surface area contributed by atoms with E-state index in [4.69, 9.17) is 0 Å². The maximum atomic E-state index is 2.37. The van der Waals surface area contributed by atoms with E-state index in [2.05, 4.69) is 278 Å². The van der Waals surface area contributed by atoms with Crippen LogP contribution in [0.3, 0.4) is 0 Å². The molecule has 0 heterocycles. The summed E-state index contributed by atoms with van der Waals surface area (Å²) < 4.78 is 0. The van der Waals surface area contributed by atoms with Crippen molar-refractivity contribution in [2.45, 2.75) is 6.92 Å². The van der Waals surface area contributed by atoms with E-state index in [9.17, 15) is 0 Å². The Balaban J connectivity index is 0.960. The molecule has 2 heteroatoms. The molecule has 0 fully saturated rings. The molecule has 0 amide bonds. The summed E-state index contributed by atoms with van der Waals surface area (Å²) in [6.07, 6.45) is 6.66. The fourth-order valence-corrected chi connectivity index (χ4v) is 8.05. The molecule has 0 saturated carbocycles. The van der Waals surface area contributed by atoms with Crippen LogP contribution in [0.15, 0.2) is 261 Å². The number of hydrogen-bond acceptors (Lipinski definition) is 2. The van der Waals surface area contributed by atoms with Crippen molar-refractivity contribution in [3.8, 4) is 44.5 Å². The van der Waals surface area contributed by atoms with E-state index in [0.29, 0.717) is 0 Å². The van der Waals surface area contributed by atoms with Gasteiger partial charge < -0.3 is 9.80 Å². The lowest BCUT2D eigenvalue weighted by atomic mass is 10.00. The summed E-state index contributed by atoms with van der Waals surface area (Å²) in [5.41, 5.74) is 17.6. The second-order valence-electron chi connectivity index (χ2n) is 15.3. The maximum absolute atomic E-state index is 2.37. The summed E-state index contributed by atoms with van der Waals surface area (Å²) >= 11 is 0. The van der Waals surface area contributed by atoms with Gasteiger partial charge in [0.15, 0.2) is 0 Å². The van der Waals surface area contributed by atoms with E-state index in [1.54, 1.807) is 0 Å². The Kier molecular flexibility index (Phi) is 12.1. The average molecular weight is 797 g/mol. The smallest absolute Gasteiger partial charge is 0.0462 e. The van der Waals surface area contributed by atoms with Gasteiger partial charge in [-0.1, -0.05) is 200 Å². The number of rotatable bonds is 13. The van der Waals surface area contributed by atoms with Crippen molar-refractivity contribution in [3.05, 3.63) is 266 Å². The highest BCUT2D eigenvalue weighted by Crippen LogP contribution is 2.38. The Labute approximate surface area is 366 Å². The van der Waals surface area contributed by atoms with Crippen molar-refractivity contribution in [1.29, 1.82) is 0 Å². The first kappa shape index (κ1) is 39.5. The zero-order valence-electron chi connectivity index (χ0n) is 34.9. The lowest BCUT2D eigenvalue weighted by Gasteiger charge is -2.26. The van der Waals surface area contributed by atoms with Crippen molar-refractivity contribution in [2.24, 2.45) is 0 Å². The summed E-state index contributed by atoms with van der Waals surface area (Å²) in [6, 6.07) is 86.7. The molecule has 9 rings (SSSR count). The van der Waals surface area contributed by atoms with Crippen molar-refractivity contribution < 1.29 is 0 Å². The molecule has 0 spiro atoms. The lowest BCUT2D eigenvalue weighted by Crippen LogP contribution is -2.16. The highest BCUT2D eigenvalue weighted by molar-refractivity contribution is 5.81. The van der Waals surface area contributed by atoms with Gasteiger partial charge in [-0.3, -0.25) is 0 Å². The van der Waals surface area contributed by atoms with Gasteiger partial charge in [-0.2, -0.15) is 0 Å². The van der Waals surface area contributed by atoms with Gasteiger partial charge in [0.25, 0.3) is 0 Å². The molecule has 0 saturated heterocycles. The number of nitrogens with zero attached hydrogens (tertiary/aromatic N) is 2. The lowest BCUT2D eigenvalue weighted by molar-refractivity contribution is 1.10. The molecule has 0 bridgehead atoms. The summed E-state index contributed by atoms with van der Waals surface area (Å²) in [5.74, 6) is 0. The van der Waals surface area contributed by atoms with Crippen LogP contribution in [0.5, 0.6) is 0 Å². The van der Waals surface area contributed by atoms with Gasteiger partial charge in [0.1, 0.15) is 0 Å². The van der Waals surface area contributed by atoms with Crippen LogP contribution in [-0.2, 0) is 0 Å². The number of para-hydroxylation sites is 1. The number of allylic oxidation sites excluding steroid dienone is 3. The predicted molar refractivity (Wildman–Crippen MR) is 266 cm³/mol. The third-order valence-electron chi connectivity index (χ3n) is 11.4. The highest BCUT2D eigenvalue weighted by Gasteiger charge is 2.14. The highest BCUT2D eigenvalue weighted by atomic mass is 15.1. The molecule has 0 radical (unpaired) electrons. The van der Waals surface area contributed by atoms with Crippen molar-refractivity contribution >= 4 is 34.0 Å². The zero-order chi connectivity index (χ0) is 41.9. The fourth-order valence-electron chi connectivity index (χ4n) is 8.05. The van der Waals surface area contributed by atoms with Crippen LogP contribution in [-0.4, -0.2) is 6.54 Å². The van der Waals surface area contributed by atoms with E-state index >= 15 is 0 Å². The third kappa shape index (κ3) is 9.11. The third-order valence-corrected chi connectivity index (χ3v) is 11.4. The van der Waals surface area contributed by atoms with Crippen LogP contribution in [0.1, 0.15) is 12.5 Å². The SMILES string of the molecule is C/C=C(\C=C/CN(c1ccc(-c2ccccc2)cc1)c1ccc(-c2ccc(N(c3ccccc3)c3ccc(-c4ccc(-c5ccccc5)cc4)cc3)cc2)cc1)c1ccccc1. The van der Waals surface area contributed by atoms with E-state index in [1.807, 2.05) is 0 Å². The monoisotopic (exact) mass is 796 g/mol. The van der Waals surface area contributed by atoms with Crippen LogP contribution in [0.25, 0.3) is 50.1 Å². The molecule has 0 aliphatic rings. The van der Waals surface area contributed by atoms with Crippen molar-refractivity contribution in [3.63, 3.8) is 0 Å². The summed E-state index contributed by atoms with van der Waals surface area (Å²) in [4.78, 5) is 4.69. The number of anilines is 5. The largest absolute Gasteiger partial charge is 0.338 e. The minimum atomic E-state index is 0.722. The summed E-state index contributed by atoms with van der Waals surface area (Å²) in [5, 5.41) is 0. The summed E-state index contributed by atoms with van der Waals surface area (Å²) in [6.45, 7) is 2.82. The first-order chi connectivity index (χ1) is 30.7. The minimum absolute atomic E-state index is 0.722. The predicted octanol–water partition coefficient (Wildman–Crippen LogP) is 16.6. The Morgan fingerprint density at radius 3 is 0.984 bits per heavy atom. The molecule has 9 aromatic rings. The number of benzene rings is 9. The van der Waals surface area contributed by atoms with E-state index in [1.165, 1.54) is 55.6 Å². The normalized spacial score (nSPS) is 11.4. The van der Waals surface area contributed by atoms with Gasteiger partial charge in [-0.05, 0) is 123 Å². The minimum Gasteiger partial charge on any atom is -0.338 e. The molecule has 0 atom stereocenters. The summed E-state index contributed by atoms with van der Waals surface area (Å²) in [7, 11) is 0. The van der Waals surface area contributed by atoms with Crippen molar-refractivity contribution in [1.82, 2.24) is 0 Å². The zero-order valence-corrected chi connectivity index (χ0v) is 34.9. The molecular formula is C60H48N2. The number of hydrogen-bond donors (Lipinski definition) is 0. The van der Waals surface area contributed by atoms with E-state index in [-0.39, 0.29) is 0 Å².